The van der Waals surface area contributed by atoms with Crippen LogP contribution >= 0.6 is 0 Å². The van der Waals surface area contributed by atoms with E-state index < -0.39 is 36.1 Å². The highest BCUT2D eigenvalue weighted by Crippen LogP contribution is 2.42. The lowest BCUT2D eigenvalue weighted by Crippen LogP contribution is -2.65. The standard InChI is InChI=1S/C7H12O6/c8-2-3(9)5(11)7(1-13-7)6(12)4(2)10/h2-6,8-12H,1H2/t2?,3-,4-,5-,6+,7?/m0/s1. The summed E-state index contributed by atoms with van der Waals surface area (Å²) in [6.07, 6.45) is -7.23. The van der Waals surface area contributed by atoms with Crippen molar-refractivity contribution in [2.75, 3.05) is 6.61 Å². The molecule has 0 amide bonds. The maximum absolute atomic E-state index is 9.42. The molecule has 2 unspecified atom stereocenters. The molecule has 0 radical (unpaired) electrons. The van der Waals surface area contributed by atoms with Gasteiger partial charge in [0.25, 0.3) is 0 Å². The first-order valence-electron chi connectivity index (χ1n) is 4.05. The molecule has 1 saturated heterocycles. The van der Waals surface area contributed by atoms with Gasteiger partial charge in [-0.05, 0) is 0 Å². The molecule has 2 rings (SSSR count). The fraction of sp³-hybridized carbons (Fsp3) is 1.00. The lowest BCUT2D eigenvalue weighted by molar-refractivity contribution is -0.209. The summed E-state index contributed by atoms with van der Waals surface area (Å²) in [5, 5.41) is 46.5. The van der Waals surface area contributed by atoms with Crippen LogP contribution in [-0.2, 0) is 4.74 Å². The highest BCUT2D eigenvalue weighted by molar-refractivity contribution is 5.15. The Labute approximate surface area is 74.0 Å². The van der Waals surface area contributed by atoms with Crippen molar-refractivity contribution in [2.24, 2.45) is 0 Å². The summed E-state index contributed by atoms with van der Waals surface area (Å²) in [5.41, 5.74) is -1.28. The monoisotopic (exact) mass is 192 g/mol. The van der Waals surface area contributed by atoms with Gasteiger partial charge >= 0.3 is 0 Å². The summed E-state index contributed by atoms with van der Waals surface area (Å²) in [5.74, 6) is 0. The summed E-state index contributed by atoms with van der Waals surface area (Å²) in [7, 11) is 0. The number of aliphatic hydroxyl groups excluding tert-OH is 5. The van der Waals surface area contributed by atoms with Crippen LogP contribution in [0.1, 0.15) is 0 Å². The van der Waals surface area contributed by atoms with Crippen LogP contribution < -0.4 is 0 Å². The zero-order chi connectivity index (χ0) is 9.80. The Morgan fingerprint density at radius 1 is 0.846 bits per heavy atom. The molecule has 6 nitrogen and oxygen atoms in total. The summed E-state index contributed by atoms with van der Waals surface area (Å²) in [6, 6.07) is 0. The molecule has 2 fully saturated rings. The number of rotatable bonds is 0. The molecule has 1 aliphatic carbocycles. The molecule has 5 N–H and O–H groups in total. The van der Waals surface area contributed by atoms with Crippen molar-refractivity contribution in [3.8, 4) is 0 Å². The Bertz CT molecular complexity index is 197. The predicted molar refractivity (Wildman–Crippen MR) is 38.7 cm³/mol. The van der Waals surface area contributed by atoms with E-state index >= 15 is 0 Å². The van der Waals surface area contributed by atoms with Crippen LogP contribution in [0.15, 0.2) is 0 Å². The second-order valence-corrected chi connectivity index (χ2v) is 3.61. The molecule has 0 aromatic rings. The lowest BCUT2D eigenvalue weighted by Gasteiger charge is -2.40. The average molecular weight is 192 g/mol. The van der Waals surface area contributed by atoms with Gasteiger partial charge in [0.15, 0.2) is 0 Å². The molecule has 1 heterocycles. The highest BCUT2D eigenvalue weighted by atomic mass is 16.6. The molecule has 6 atom stereocenters. The van der Waals surface area contributed by atoms with Crippen LogP contribution in [0.25, 0.3) is 0 Å². The number of aliphatic hydroxyl groups is 5. The second kappa shape index (κ2) is 2.63. The van der Waals surface area contributed by atoms with Gasteiger partial charge in [-0.25, -0.2) is 0 Å². The maximum atomic E-state index is 9.42. The minimum atomic E-state index is -1.54. The third-order valence-electron chi connectivity index (χ3n) is 2.83. The number of ether oxygens (including phenoxy) is 1. The van der Waals surface area contributed by atoms with Gasteiger partial charge in [0.05, 0.1) is 6.61 Å². The smallest absolute Gasteiger partial charge is 0.148 e. The van der Waals surface area contributed by atoms with Crippen molar-refractivity contribution in [1.82, 2.24) is 0 Å². The van der Waals surface area contributed by atoms with Crippen molar-refractivity contribution >= 4 is 0 Å². The number of epoxide rings is 1. The SMILES string of the molecule is OC1[C@H](O)[C@@H](O)C2(CO2)[C@@H](O)[C@H]1O. The molecule has 6 heteroatoms. The minimum absolute atomic E-state index is 0.0795. The van der Waals surface area contributed by atoms with Crippen molar-refractivity contribution in [2.45, 2.75) is 36.1 Å². The Morgan fingerprint density at radius 3 is 1.54 bits per heavy atom. The van der Waals surface area contributed by atoms with E-state index in [0.717, 1.165) is 0 Å². The van der Waals surface area contributed by atoms with Crippen LogP contribution in [0, 0.1) is 0 Å². The van der Waals surface area contributed by atoms with E-state index in [2.05, 4.69) is 0 Å². The van der Waals surface area contributed by atoms with Gasteiger partial charge in [-0.2, -0.15) is 0 Å². The third kappa shape index (κ3) is 1.04. The van der Waals surface area contributed by atoms with Crippen LogP contribution in [0.5, 0.6) is 0 Å². The normalized spacial score (nSPS) is 61.2. The zero-order valence-electron chi connectivity index (χ0n) is 6.74. The molecule has 1 spiro atoms. The quantitative estimate of drug-likeness (QED) is 0.255. The maximum Gasteiger partial charge on any atom is 0.148 e. The second-order valence-electron chi connectivity index (χ2n) is 3.61. The Kier molecular flexibility index (Phi) is 1.88. The van der Waals surface area contributed by atoms with Gasteiger partial charge in [-0.1, -0.05) is 0 Å². The van der Waals surface area contributed by atoms with Gasteiger partial charge in [0, 0.05) is 0 Å². The Hall–Kier alpha value is -0.240. The van der Waals surface area contributed by atoms with Crippen LogP contribution in [0.3, 0.4) is 0 Å². The largest absolute Gasteiger partial charge is 0.387 e. The first kappa shape index (κ1) is 9.32. The summed E-state index contributed by atoms with van der Waals surface area (Å²) < 4.78 is 4.82. The van der Waals surface area contributed by atoms with Gasteiger partial charge in [-0.3, -0.25) is 0 Å². The van der Waals surface area contributed by atoms with Crippen LogP contribution in [-0.4, -0.2) is 68.3 Å². The van der Waals surface area contributed by atoms with E-state index in [1.54, 1.807) is 0 Å². The summed E-state index contributed by atoms with van der Waals surface area (Å²) in [6.45, 7) is 0.0795. The van der Waals surface area contributed by atoms with Gasteiger partial charge < -0.3 is 30.3 Å². The first-order chi connectivity index (χ1) is 6.00. The molecule has 0 aromatic heterocycles. The van der Waals surface area contributed by atoms with Gasteiger partial charge in [0.1, 0.15) is 36.1 Å². The molecule has 1 saturated carbocycles. The molecule has 13 heavy (non-hydrogen) atoms. The molecule has 1 aliphatic heterocycles. The van der Waals surface area contributed by atoms with Gasteiger partial charge in [-0.15, -0.1) is 0 Å². The van der Waals surface area contributed by atoms with E-state index in [1.165, 1.54) is 0 Å². The van der Waals surface area contributed by atoms with Crippen LogP contribution in [0.2, 0.25) is 0 Å². The fourth-order valence-electron chi connectivity index (χ4n) is 1.75. The molecular weight excluding hydrogens is 180 g/mol. The number of hydrogen-bond donors (Lipinski definition) is 5. The highest BCUT2D eigenvalue weighted by Gasteiger charge is 2.66. The molecule has 0 bridgehead atoms. The van der Waals surface area contributed by atoms with E-state index in [0.29, 0.717) is 0 Å². The van der Waals surface area contributed by atoms with E-state index in [1.807, 2.05) is 0 Å². The average Bonchev–Trinajstić information content (AvgIpc) is 2.91. The first-order valence-corrected chi connectivity index (χ1v) is 4.05. The summed E-state index contributed by atoms with van der Waals surface area (Å²) >= 11 is 0. The molecular formula is C7H12O6. The van der Waals surface area contributed by atoms with Crippen molar-refractivity contribution in [3.63, 3.8) is 0 Å². The topological polar surface area (TPSA) is 114 Å². The van der Waals surface area contributed by atoms with Gasteiger partial charge in [0.2, 0.25) is 0 Å². The van der Waals surface area contributed by atoms with E-state index in [9.17, 15) is 25.5 Å². The fourth-order valence-corrected chi connectivity index (χ4v) is 1.75. The Balaban J connectivity index is 2.24. The number of hydrogen-bond acceptors (Lipinski definition) is 6. The van der Waals surface area contributed by atoms with Crippen molar-refractivity contribution in [1.29, 1.82) is 0 Å². The molecule has 76 valence electrons. The lowest BCUT2D eigenvalue weighted by atomic mass is 9.78. The van der Waals surface area contributed by atoms with Crippen LogP contribution in [0.4, 0.5) is 0 Å². The van der Waals surface area contributed by atoms with Crippen molar-refractivity contribution in [3.05, 3.63) is 0 Å². The zero-order valence-corrected chi connectivity index (χ0v) is 6.74. The van der Waals surface area contributed by atoms with Crippen molar-refractivity contribution < 1.29 is 30.3 Å². The summed E-state index contributed by atoms with van der Waals surface area (Å²) in [4.78, 5) is 0. The Morgan fingerprint density at radius 2 is 1.23 bits per heavy atom. The predicted octanol–water partition coefficient (Wildman–Crippen LogP) is -3.43. The molecule has 0 aromatic carbocycles. The van der Waals surface area contributed by atoms with E-state index in [-0.39, 0.29) is 6.61 Å². The molecule has 2 aliphatic rings. The van der Waals surface area contributed by atoms with E-state index in [4.69, 9.17) is 4.74 Å². The third-order valence-corrected chi connectivity index (χ3v) is 2.83. The minimum Gasteiger partial charge on any atom is -0.387 e.